The van der Waals surface area contributed by atoms with Crippen LogP contribution in [0.1, 0.15) is 74.6 Å². The maximum atomic E-state index is 13.4. The second-order valence-corrected chi connectivity index (χ2v) is 14.9. The van der Waals surface area contributed by atoms with Crippen molar-refractivity contribution >= 4 is 29.3 Å². The molecule has 3 heteroatoms. The van der Waals surface area contributed by atoms with Crippen LogP contribution in [0.15, 0.2) is 23.1 Å². The van der Waals surface area contributed by atoms with Crippen molar-refractivity contribution in [3.8, 4) is 0 Å². The van der Waals surface area contributed by atoms with Crippen LogP contribution in [0.4, 0.5) is 0 Å². The Balaban J connectivity index is 1.20. The lowest BCUT2D eigenvalue weighted by Crippen LogP contribution is -2.40. The van der Waals surface area contributed by atoms with E-state index in [1.165, 1.54) is 71.4 Å². The predicted molar refractivity (Wildman–Crippen MR) is 143 cm³/mol. The van der Waals surface area contributed by atoms with Crippen LogP contribution in [-0.2, 0) is 10.5 Å². The van der Waals surface area contributed by atoms with Crippen molar-refractivity contribution in [3.63, 3.8) is 0 Å². The van der Waals surface area contributed by atoms with Gasteiger partial charge in [-0.25, -0.2) is 0 Å². The van der Waals surface area contributed by atoms with E-state index >= 15 is 0 Å². The molecule has 0 saturated heterocycles. The second kappa shape index (κ2) is 7.92. The largest absolute Gasteiger partial charge is 0.293 e. The first-order valence-electron chi connectivity index (χ1n) is 13.3. The molecule has 0 spiro atoms. The van der Waals surface area contributed by atoms with Gasteiger partial charge in [0.15, 0.2) is 5.78 Å². The minimum Gasteiger partial charge on any atom is -0.293 e. The Bertz CT molecular complexity index is 999. The third-order valence-electron chi connectivity index (χ3n) is 10.9. The molecule has 0 heterocycles. The summed E-state index contributed by atoms with van der Waals surface area (Å²) in [5, 5.41) is 0.616. The lowest BCUT2D eigenvalue weighted by atomic mass is 9.70. The number of rotatable bonds is 6. The van der Waals surface area contributed by atoms with Gasteiger partial charge in [-0.1, -0.05) is 37.6 Å². The summed E-state index contributed by atoms with van der Waals surface area (Å²) >= 11 is 4.19. The Morgan fingerprint density at radius 1 is 1.00 bits per heavy atom. The monoisotopic (exact) mass is 480 g/mol. The minimum absolute atomic E-state index is 0.357. The number of thioether (sulfide) groups is 2. The topological polar surface area (TPSA) is 17.1 Å². The zero-order valence-electron chi connectivity index (χ0n) is 21.1. The van der Waals surface area contributed by atoms with E-state index in [1.807, 2.05) is 11.8 Å². The maximum absolute atomic E-state index is 13.4. The molecule has 1 nitrogen and oxygen atoms in total. The molecule has 4 bridgehead atoms. The molecule has 0 aromatic heterocycles. The molecule has 33 heavy (non-hydrogen) atoms. The van der Waals surface area contributed by atoms with Gasteiger partial charge in [0, 0.05) is 27.6 Å². The summed E-state index contributed by atoms with van der Waals surface area (Å²) in [5.41, 5.74) is 6.54. The van der Waals surface area contributed by atoms with E-state index in [0.29, 0.717) is 39.6 Å². The SMILES string of the molecule is Cc1cc(C)c(CSC[C@]23CC[C@H](C[C@H]2SC2=C[C@H]4[C@H]5CC[C@H](C5)[C@H]4C2=O)C3(C)C)c(C)c1. The van der Waals surface area contributed by atoms with Gasteiger partial charge in [-0.2, -0.15) is 11.8 Å². The smallest absolute Gasteiger partial charge is 0.172 e. The standard InChI is InChI=1S/C30H40OS2/c1-17-10-18(2)24(19(3)11-17)15-32-16-30-9-8-22(29(30,4)5)13-26(30)33-25-14-23-20-6-7-21(12-20)27(23)28(25)31/h10-11,14,20-23,26-27H,6-9,12-13,15-16H2,1-5H3/t20-,21+,22+,23-,26+,27+,30+/m0/s1. The van der Waals surface area contributed by atoms with Crippen LogP contribution in [0.3, 0.4) is 0 Å². The van der Waals surface area contributed by atoms with Crippen molar-refractivity contribution in [2.75, 3.05) is 5.75 Å². The molecule has 5 aliphatic carbocycles. The lowest BCUT2D eigenvalue weighted by molar-refractivity contribution is -0.119. The minimum atomic E-state index is 0.357. The van der Waals surface area contributed by atoms with Gasteiger partial charge < -0.3 is 0 Å². The summed E-state index contributed by atoms with van der Waals surface area (Å²) in [6.07, 6.45) is 10.5. The fourth-order valence-electron chi connectivity index (χ4n) is 8.91. The molecule has 1 aromatic rings. The molecule has 0 unspecified atom stereocenters. The average Bonchev–Trinajstić information content (AvgIpc) is 3.52. The number of Topliss-reactive ketones (excluding diaryl/α,β-unsaturated/α-hetero) is 1. The summed E-state index contributed by atoms with van der Waals surface area (Å²) < 4.78 is 0. The zero-order valence-corrected chi connectivity index (χ0v) is 22.7. The first-order chi connectivity index (χ1) is 15.7. The van der Waals surface area contributed by atoms with Crippen LogP contribution in [-0.4, -0.2) is 16.8 Å². The molecule has 0 radical (unpaired) electrons. The average molecular weight is 481 g/mol. The molecule has 4 fully saturated rings. The Hall–Kier alpha value is -0.670. The fourth-order valence-corrected chi connectivity index (χ4v) is 12.7. The number of ketones is 1. The highest BCUT2D eigenvalue weighted by molar-refractivity contribution is 8.04. The van der Waals surface area contributed by atoms with E-state index in [2.05, 4.69) is 64.6 Å². The molecule has 0 aliphatic heterocycles. The van der Waals surface area contributed by atoms with Crippen molar-refractivity contribution in [1.29, 1.82) is 0 Å². The van der Waals surface area contributed by atoms with E-state index < -0.39 is 0 Å². The van der Waals surface area contributed by atoms with Crippen LogP contribution in [0.5, 0.6) is 0 Å². The third-order valence-corrected chi connectivity index (χ3v) is 13.7. The van der Waals surface area contributed by atoms with Gasteiger partial charge in [-0.15, -0.1) is 11.8 Å². The van der Waals surface area contributed by atoms with Gasteiger partial charge in [0.2, 0.25) is 0 Å². The van der Waals surface area contributed by atoms with Crippen LogP contribution >= 0.6 is 23.5 Å². The number of aryl methyl sites for hydroxylation is 3. The molecule has 1 aromatic carbocycles. The van der Waals surface area contributed by atoms with Crippen LogP contribution in [0.2, 0.25) is 0 Å². The van der Waals surface area contributed by atoms with Gasteiger partial charge in [-0.05, 0) is 110 Å². The number of carbonyl (C=O) groups excluding carboxylic acids is 1. The summed E-state index contributed by atoms with van der Waals surface area (Å²) in [6.45, 7) is 11.9. The third kappa shape index (κ3) is 3.30. The van der Waals surface area contributed by atoms with E-state index in [1.54, 1.807) is 0 Å². The first-order valence-corrected chi connectivity index (χ1v) is 15.3. The number of allylic oxidation sites excluding steroid dienone is 2. The highest BCUT2D eigenvalue weighted by Gasteiger charge is 2.64. The van der Waals surface area contributed by atoms with Crippen LogP contribution in [0.25, 0.3) is 0 Å². The quantitative estimate of drug-likeness (QED) is 0.412. The van der Waals surface area contributed by atoms with Gasteiger partial charge >= 0.3 is 0 Å². The number of hydrogen-bond donors (Lipinski definition) is 0. The Kier molecular flexibility index (Phi) is 5.46. The van der Waals surface area contributed by atoms with Crippen LogP contribution in [0, 0.1) is 61.2 Å². The summed E-state index contributed by atoms with van der Waals surface area (Å²) in [6, 6.07) is 4.68. The molecule has 178 valence electrons. The highest BCUT2D eigenvalue weighted by atomic mass is 32.2. The van der Waals surface area contributed by atoms with Gasteiger partial charge in [0.1, 0.15) is 0 Å². The predicted octanol–water partition coefficient (Wildman–Crippen LogP) is 7.90. The number of carbonyl (C=O) groups is 1. The molecular formula is C30H40OS2. The Morgan fingerprint density at radius 3 is 2.42 bits per heavy atom. The molecule has 7 atom stereocenters. The zero-order chi connectivity index (χ0) is 23.1. The molecule has 5 aliphatic rings. The summed E-state index contributed by atoms with van der Waals surface area (Å²) in [4.78, 5) is 14.6. The molecule has 0 amide bonds. The van der Waals surface area contributed by atoms with Crippen molar-refractivity contribution in [3.05, 3.63) is 45.4 Å². The number of hydrogen-bond acceptors (Lipinski definition) is 3. The van der Waals surface area contributed by atoms with E-state index in [4.69, 9.17) is 0 Å². The van der Waals surface area contributed by atoms with Gasteiger partial charge in [-0.3, -0.25) is 4.79 Å². The van der Waals surface area contributed by atoms with Crippen molar-refractivity contribution in [1.82, 2.24) is 0 Å². The molecular weight excluding hydrogens is 440 g/mol. The van der Waals surface area contributed by atoms with E-state index in [-0.39, 0.29) is 0 Å². The van der Waals surface area contributed by atoms with E-state index in [0.717, 1.165) is 17.6 Å². The van der Waals surface area contributed by atoms with Crippen molar-refractivity contribution < 1.29 is 4.79 Å². The number of fused-ring (bicyclic) bond motifs is 7. The van der Waals surface area contributed by atoms with E-state index in [9.17, 15) is 4.79 Å². The van der Waals surface area contributed by atoms with Gasteiger partial charge in [0.25, 0.3) is 0 Å². The fraction of sp³-hybridized carbons (Fsp3) is 0.700. The lowest BCUT2D eigenvalue weighted by Gasteiger charge is -2.42. The normalized spacial score (nSPS) is 40.0. The summed E-state index contributed by atoms with van der Waals surface area (Å²) in [5.74, 6) is 6.16. The highest BCUT2D eigenvalue weighted by Crippen LogP contribution is 2.70. The van der Waals surface area contributed by atoms with Gasteiger partial charge in [0.05, 0.1) is 0 Å². The number of benzene rings is 1. The Labute approximate surface area is 209 Å². The molecule has 4 saturated carbocycles. The van der Waals surface area contributed by atoms with Crippen molar-refractivity contribution in [2.24, 2.45) is 40.4 Å². The van der Waals surface area contributed by atoms with Crippen LogP contribution < -0.4 is 0 Å². The summed E-state index contributed by atoms with van der Waals surface area (Å²) in [7, 11) is 0. The maximum Gasteiger partial charge on any atom is 0.172 e. The Morgan fingerprint density at radius 2 is 1.73 bits per heavy atom. The first kappa shape index (κ1) is 22.8. The van der Waals surface area contributed by atoms with Crippen molar-refractivity contribution in [2.45, 2.75) is 84.1 Å². The molecule has 0 N–H and O–H groups in total. The second-order valence-electron chi connectivity index (χ2n) is 12.7. The molecule has 6 rings (SSSR count).